The number of fused-ring (bicyclic) bond motifs is 1. The smallest absolute Gasteiger partial charge is 0.243 e. The molecular weight excluding hydrogens is 272 g/mol. The first-order valence-electron chi connectivity index (χ1n) is 7.26. The minimum atomic E-state index is 0.614. The van der Waals surface area contributed by atoms with Crippen LogP contribution in [-0.2, 0) is 0 Å². The molecule has 1 aromatic carbocycles. The fourth-order valence-electron chi connectivity index (χ4n) is 2.93. The molecular formula is C15H19ClN4. The molecule has 3 rings (SSSR count). The molecule has 0 radical (unpaired) electrons. The van der Waals surface area contributed by atoms with E-state index in [4.69, 9.17) is 11.6 Å². The molecule has 0 spiro atoms. The minimum Gasteiger partial charge on any atom is -0.353 e. The third-order valence-corrected chi connectivity index (χ3v) is 4.54. The first kappa shape index (κ1) is 13.6. The van der Waals surface area contributed by atoms with Crippen molar-refractivity contribution in [2.75, 3.05) is 17.7 Å². The molecule has 1 fully saturated rings. The molecule has 0 aliphatic heterocycles. The second kappa shape index (κ2) is 6.35. The second-order valence-electron chi connectivity index (χ2n) is 5.46. The van der Waals surface area contributed by atoms with Gasteiger partial charge in [0.2, 0.25) is 5.95 Å². The molecule has 1 aliphatic rings. The molecule has 2 atom stereocenters. The summed E-state index contributed by atoms with van der Waals surface area (Å²) in [6, 6.07) is 7.78. The molecule has 0 bridgehead atoms. The van der Waals surface area contributed by atoms with Crippen LogP contribution >= 0.6 is 11.6 Å². The Kier molecular flexibility index (Phi) is 4.31. The van der Waals surface area contributed by atoms with Crippen molar-refractivity contribution >= 4 is 28.6 Å². The first-order chi connectivity index (χ1) is 9.86. The summed E-state index contributed by atoms with van der Waals surface area (Å²) in [5.41, 5.74) is 1.71. The molecule has 1 N–H and O–H groups in total. The molecule has 2 aromatic rings. The zero-order valence-corrected chi connectivity index (χ0v) is 12.2. The molecule has 106 valence electrons. The third kappa shape index (κ3) is 3.01. The summed E-state index contributed by atoms with van der Waals surface area (Å²) in [6.07, 6.45) is 5.09. The maximum atomic E-state index is 6.06. The highest BCUT2D eigenvalue weighted by Crippen LogP contribution is 2.30. The van der Waals surface area contributed by atoms with Gasteiger partial charge in [-0.3, -0.25) is 0 Å². The summed E-state index contributed by atoms with van der Waals surface area (Å²) in [4.78, 5) is 4.49. The largest absolute Gasteiger partial charge is 0.353 e. The molecule has 1 heterocycles. The van der Waals surface area contributed by atoms with Gasteiger partial charge >= 0.3 is 0 Å². The van der Waals surface area contributed by atoms with Crippen LogP contribution in [0.15, 0.2) is 24.3 Å². The van der Waals surface area contributed by atoms with Gasteiger partial charge in [-0.2, -0.15) is 0 Å². The van der Waals surface area contributed by atoms with E-state index in [1.54, 1.807) is 0 Å². The van der Waals surface area contributed by atoms with Crippen LogP contribution in [-0.4, -0.2) is 27.6 Å². The maximum Gasteiger partial charge on any atom is 0.243 e. The summed E-state index contributed by atoms with van der Waals surface area (Å²) < 4.78 is 0. The van der Waals surface area contributed by atoms with Crippen LogP contribution in [0, 0.1) is 11.8 Å². The van der Waals surface area contributed by atoms with E-state index in [1.165, 1.54) is 25.7 Å². The normalized spacial score (nSPS) is 22.9. The standard InChI is InChI=1S/C15H19ClN4/c16-9-11-5-1-2-6-12(11)10-17-15-18-13-7-3-4-8-14(13)19-20-15/h3-4,7-8,11-12H,1-2,5-6,9-10H2,(H,17,18,20). The number of hydrogen-bond acceptors (Lipinski definition) is 4. The van der Waals surface area contributed by atoms with E-state index in [0.717, 1.165) is 23.5 Å². The molecule has 0 saturated heterocycles. The van der Waals surface area contributed by atoms with Crippen molar-refractivity contribution in [3.63, 3.8) is 0 Å². The summed E-state index contributed by atoms with van der Waals surface area (Å²) >= 11 is 6.06. The second-order valence-corrected chi connectivity index (χ2v) is 5.77. The summed E-state index contributed by atoms with van der Waals surface area (Å²) in [6.45, 7) is 0.886. The number of para-hydroxylation sites is 1. The Morgan fingerprint density at radius 2 is 1.80 bits per heavy atom. The average molecular weight is 291 g/mol. The van der Waals surface area contributed by atoms with Crippen molar-refractivity contribution < 1.29 is 0 Å². The van der Waals surface area contributed by atoms with Crippen molar-refractivity contribution in [1.29, 1.82) is 0 Å². The lowest BCUT2D eigenvalue weighted by Gasteiger charge is -2.30. The van der Waals surface area contributed by atoms with Crippen LogP contribution < -0.4 is 5.32 Å². The predicted molar refractivity (Wildman–Crippen MR) is 82.0 cm³/mol. The number of hydrogen-bond donors (Lipinski definition) is 1. The maximum absolute atomic E-state index is 6.06. The fraction of sp³-hybridized carbons (Fsp3) is 0.533. The van der Waals surface area contributed by atoms with Crippen LogP contribution in [0.1, 0.15) is 25.7 Å². The van der Waals surface area contributed by atoms with Crippen molar-refractivity contribution in [3.8, 4) is 0 Å². The van der Waals surface area contributed by atoms with E-state index in [1.807, 2.05) is 24.3 Å². The van der Waals surface area contributed by atoms with Gasteiger partial charge in [-0.05, 0) is 36.8 Å². The van der Waals surface area contributed by atoms with Crippen molar-refractivity contribution in [2.45, 2.75) is 25.7 Å². The molecule has 1 aliphatic carbocycles. The molecule has 0 amide bonds. The molecule has 2 unspecified atom stereocenters. The monoisotopic (exact) mass is 290 g/mol. The van der Waals surface area contributed by atoms with Gasteiger partial charge in [-0.25, -0.2) is 4.98 Å². The van der Waals surface area contributed by atoms with Gasteiger partial charge in [0.1, 0.15) is 5.52 Å². The van der Waals surface area contributed by atoms with Crippen molar-refractivity contribution in [2.24, 2.45) is 11.8 Å². The van der Waals surface area contributed by atoms with Gasteiger partial charge in [-0.15, -0.1) is 21.8 Å². The van der Waals surface area contributed by atoms with Crippen LogP contribution in [0.3, 0.4) is 0 Å². The Morgan fingerprint density at radius 3 is 2.60 bits per heavy atom. The molecule has 5 heteroatoms. The lowest BCUT2D eigenvalue weighted by Crippen LogP contribution is -2.27. The van der Waals surface area contributed by atoms with E-state index in [9.17, 15) is 0 Å². The Morgan fingerprint density at radius 1 is 1.05 bits per heavy atom. The van der Waals surface area contributed by atoms with Crippen LogP contribution in [0.2, 0.25) is 0 Å². The molecule has 20 heavy (non-hydrogen) atoms. The highest BCUT2D eigenvalue weighted by atomic mass is 35.5. The van der Waals surface area contributed by atoms with Gasteiger partial charge in [0.05, 0.1) is 5.52 Å². The topological polar surface area (TPSA) is 50.7 Å². The summed E-state index contributed by atoms with van der Waals surface area (Å²) in [5.74, 6) is 2.61. The van der Waals surface area contributed by atoms with Crippen molar-refractivity contribution in [1.82, 2.24) is 15.2 Å². The van der Waals surface area contributed by atoms with Gasteiger partial charge in [-0.1, -0.05) is 25.0 Å². The quantitative estimate of drug-likeness (QED) is 0.876. The summed E-state index contributed by atoms with van der Waals surface area (Å²) in [7, 11) is 0. The number of alkyl halides is 1. The zero-order chi connectivity index (χ0) is 13.8. The van der Waals surface area contributed by atoms with Gasteiger partial charge < -0.3 is 5.32 Å². The highest BCUT2D eigenvalue weighted by Gasteiger charge is 2.24. The van der Waals surface area contributed by atoms with Crippen LogP contribution in [0.4, 0.5) is 5.95 Å². The number of nitrogens with one attached hydrogen (secondary N) is 1. The van der Waals surface area contributed by atoms with E-state index >= 15 is 0 Å². The van der Waals surface area contributed by atoms with E-state index < -0.39 is 0 Å². The van der Waals surface area contributed by atoms with Crippen LogP contribution in [0.25, 0.3) is 11.0 Å². The lowest BCUT2D eigenvalue weighted by molar-refractivity contribution is 0.271. The molecule has 1 saturated carbocycles. The fourth-order valence-corrected chi connectivity index (χ4v) is 3.34. The molecule has 4 nitrogen and oxygen atoms in total. The number of rotatable bonds is 4. The summed E-state index contributed by atoms with van der Waals surface area (Å²) in [5, 5.41) is 11.6. The van der Waals surface area contributed by atoms with Gasteiger partial charge in [0.15, 0.2) is 0 Å². The average Bonchev–Trinajstić information content (AvgIpc) is 2.53. The number of anilines is 1. The van der Waals surface area contributed by atoms with Gasteiger partial charge in [0, 0.05) is 12.4 Å². The number of benzene rings is 1. The number of aromatic nitrogens is 3. The Labute approximate surface area is 124 Å². The highest BCUT2D eigenvalue weighted by molar-refractivity contribution is 6.18. The Balaban J connectivity index is 1.67. The van der Waals surface area contributed by atoms with E-state index in [0.29, 0.717) is 17.8 Å². The minimum absolute atomic E-state index is 0.614. The third-order valence-electron chi connectivity index (χ3n) is 4.15. The zero-order valence-electron chi connectivity index (χ0n) is 11.4. The SMILES string of the molecule is ClCC1CCCCC1CNc1nnc2ccccc2n1. The van der Waals surface area contributed by atoms with E-state index in [-0.39, 0.29) is 0 Å². The molecule has 1 aromatic heterocycles. The number of nitrogens with zero attached hydrogens (tertiary/aromatic N) is 3. The Hall–Kier alpha value is -1.42. The van der Waals surface area contributed by atoms with Crippen LogP contribution in [0.5, 0.6) is 0 Å². The van der Waals surface area contributed by atoms with Crippen molar-refractivity contribution in [3.05, 3.63) is 24.3 Å². The van der Waals surface area contributed by atoms with E-state index in [2.05, 4.69) is 20.5 Å². The first-order valence-corrected chi connectivity index (χ1v) is 7.79. The lowest BCUT2D eigenvalue weighted by atomic mass is 9.80. The predicted octanol–water partition coefficient (Wildman–Crippen LogP) is 3.48. The number of halogens is 1. The van der Waals surface area contributed by atoms with Gasteiger partial charge in [0.25, 0.3) is 0 Å². The Bertz CT molecular complexity index is 575.